The monoisotopic (exact) mass is 425 g/mol. The molecule has 1 aromatic rings. The molecule has 0 unspecified atom stereocenters. The van der Waals surface area contributed by atoms with Gasteiger partial charge in [-0.25, -0.2) is 13.2 Å². The minimum Gasteiger partial charge on any atom is -0.495 e. The van der Waals surface area contributed by atoms with E-state index in [1.54, 1.807) is 6.92 Å². The van der Waals surface area contributed by atoms with Crippen LogP contribution in [-0.2, 0) is 24.3 Å². The highest BCUT2D eigenvalue weighted by Gasteiger charge is 2.35. The van der Waals surface area contributed by atoms with Crippen LogP contribution >= 0.6 is 0 Å². The predicted octanol–water partition coefficient (Wildman–Crippen LogP) is 0.811. The average Bonchev–Trinajstić information content (AvgIpc) is 3.06. The van der Waals surface area contributed by atoms with Crippen LogP contribution in [0.2, 0.25) is 0 Å². The van der Waals surface area contributed by atoms with Gasteiger partial charge in [0.15, 0.2) is 0 Å². The van der Waals surface area contributed by atoms with Crippen LogP contribution < -0.4 is 9.64 Å². The Morgan fingerprint density at radius 1 is 1.07 bits per heavy atom. The Labute approximate surface area is 169 Å². The summed E-state index contributed by atoms with van der Waals surface area (Å²) in [5.41, 5.74) is 0.196. The number of carbonyl (C=O) groups excluding carboxylic acids is 3. The summed E-state index contributed by atoms with van der Waals surface area (Å²) in [6.45, 7) is 2.53. The molecular formula is C18H23N3O7S. The van der Waals surface area contributed by atoms with E-state index in [9.17, 15) is 22.8 Å². The number of ether oxygens (including phenoxy) is 2. The van der Waals surface area contributed by atoms with E-state index >= 15 is 0 Å². The van der Waals surface area contributed by atoms with Gasteiger partial charge in [-0.2, -0.15) is 4.31 Å². The number of nitrogens with zero attached hydrogens (tertiary/aromatic N) is 3. The highest BCUT2D eigenvalue weighted by molar-refractivity contribution is 7.89. The van der Waals surface area contributed by atoms with Gasteiger partial charge in [-0.15, -0.1) is 0 Å². The first-order valence-corrected chi connectivity index (χ1v) is 10.7. The number of piperazine rings is 1. The van der Waals surface area contributed by atoms with Crippen molar-refractivity contribution >= 4 is 33.6 Å². The maximum absolute atomic E-state index is 13.2. The van der Waals surface area contributed by atoms with Crippen molar-refractivity contribution in [2.45, 2.75) is 24.7 Å². The van der Waals surface area contributed by atoms with Gasteiger partial charge < -0.3 is 14.4 Å². The van der Waals surface area contributed by atoms with Gasteiger partial charge in [0.2, 0.25) is 21.8 Å². The third-order valence-electron chi connectivity index (χ3n) is 4.84. The number of hydrogen-bond donors (Lipinski definition) is 0. The molecule has 0 atom stereocenters. The lowest BCUT2D eigenvalue weighted by molar-refractivity contribution is -0.121. The predicted molar refractivity (Wildman–Crippen MR) is 102 cm³/mol. The molecule has 3 amide bonds. The number of imide groups is 1. The summed E-state index contributed by atoms with van der Waals surface area (Å²) in [5, 5.41) is 0. The van der Waals surface area contributed by atoms with Crippen LogP contribution in [0, 0.1) is 0 Å². The van der Waals surface area contributed by atoms with Crippen LogP contribution in [0.15, 0.2) is 23.1 Å². The molecule has 2 saturated heterocycles. The van der Waals surface area contributed by atoms with Crippen LogP contribution in [0.1, 0.15) is 19.8 Å². The van der Waals surface area contributed by atoms with Crippen molar-refractivity contribution in [1.29, 1.82) is 0 Å². The van der Waals surface area contributed by atoms with Crippen molar-refractivity contribution in [2.75, 3.05) is 44.8 Å². The Morgan fingerprint density at radius 2 is 1.69 bits per heavy atom. The van der Waals surface area contributed by atoms with Gasteiger partial charge in [0, 0.05) is 39.0 Å². The van der Waals surface area contributed by atoms with E-state index in [2.05, 4.69) is 0 Å². The average molecular weight is 425 g/mol. The number of anilines is 1. The van der Waals surface area contributed by atoms with Crippen LogP contribution in [0.4, 0.5) is 10.5 Å². The lowest BCUT2D eigenvalue weighted by atomic mass is 10.2. The fourth-order valence-electron chi connectivity index (χ4n) is 3.34. The highest BCUT2D eigenvalue weighted by Crippen LogP contribution is 2.33. The van der Waals surface area contributed by atoms with Gasteiger partial charge in [0.25, 0.3) is 0 Å². The summed E-state index contributed by atoms with van der Waals surface area (Å²) in [5.74, 6) is -0.626. The maximum Gasteiger partial charge on any atom is 0.409 e. The standard InChI is InChI=1S/C18H23N3O7S/c1-3-28-18(24)19-8-10-20(11-9-19)29(25,26)15-12-13(4-5-14(15)27-2)21-16(22)6-7-17(21)23/h4-5,12H,3,6-11H2,1-2H3. The number of rotatable bonds is 5. The van der Waals surface area contributed by atoms with E-state index in [0.29, 0.717) is 0 Å². The largest absolute Gasteiger partial charge is 0.495 e. The number of methoxy groups -OCH3 is 1. The molecule has 0 aromatic heterocycles. The minimum atomic E-state index is -3.97. The van der Waals surface area contributed by atoms with Crippen molar-refractivity contribution < 1.29 is 32.3 Å². The molecule has 0 aliphatic carbocycles. The lowest BCUT2D eigenvalue weighted by Crippen LogP contribution is -2.50. The quantitative estimate of drug-likeness (QED) is 0.642. The van der Waals surface area contributed by atoms with E-state index < -0.39 is 16.1 Å². The van der Waals surface area contributed by atoms with Crippen LogP contribution in [0.25, 0.3) is 0 Å². The Kier molecular flexibility index (Phi) is 6.08. The number of carbonyl (C=O) groups is 3. The zero-order valence-electron chi connectivity index (χ0n) is 16.3. The first-order chi connectivity index (χ1) is 13.8. The second kappa shape index (κ2) is 8.37. The molecule has 2 aliphatic rings. The highest BCUT2D eigenvalue weighted by atomic mass is 32.2. The van der Waals surface area contributed by atoms with Gasteiger partial charge in [-0.1, -0.05) is 0 Å². The number of benzene rings is 1. The molecule has 10 nitrogen and oxygen atoms in total. The number of sulfonamides is 1. The Bertz CT molecular complexity index is 907. The van der Waals surface area contributed by atoms with Crippen molar-refractivity contribution in [3.63, 3.8) is 0 Å². The molecule has 0 bridgehead atoms. The van der Waals surface area contributed by atoms with Gasteiger partial charge in [0.05, 0.1) is 19.4 Å². The first-order valence-electron chi connectivity index (χ1n) is 9.25. The van der Waals surface area contributed by atoms with E-state index in [-0.39, 0.29) is 73.8 Å². The summed E-state index contributed by atoms with van der Waals surface area (Å²) < 4.78 is 37.8. The maximum atomic E-state index is 13.2. The Morgan fingerprint density at radius 3 is 2.24 bits per heavy atom. The zero-order chi connectivity index (χ0) is 21.2. The molecule has 11 heteroatoms. The Hall–Kier alpha value is -2.66. The van der Waals surface area contributed by atoms with Gasteiger partial charge in [-0.3, -0.25) is 14.5 Å². The van der Waals surface area contributed by atoms with E-state index in [4.69, 9.17) is 9.47 Å². The van der Waals surface area contributed by atoms with Crippen LogP contribution in [0.5, 0.6) is 5.75 Å². The molecular weight excluding hydrogens is 402 g/mol. The molecule has 0 N–H and O–H groups in total. The number of amides is 3. The topological polar surface area (TPSA) is 114 Å². The molecule has 0 saturated carbocycles. The summed E-state index contributed by atoms with van der Waals surface area (Å²) in [6.07, 6.45) is -0.277. The van der Waals surface area contributed by atoms with Crippen molar-refractivity contribution in [3.8, 4) is 5.75 Å². The Balaban J connectivity index is 1.86. The van der Waals surface area contributed by atoms with E-state index in [1.165, 1.54) is 34.5 Å². The zero-order valence-corrected chi connectivity index (χ0v) is 17.1. The summed E-state index contributed by atoms with van der Waals surface area (Å²) >= 11 is 0. The van der Waals surface area contributed by atoms with Crippen LogP contribution in [0.3, 0.4) is 0 Å². The summed E-state index contributed by atoms with van der Waals surface area (Å²) in [6, 6.07) is 4.20. The summed E-state index contributed by atoms with van der Waals surface area (Å²) in [7, 11) is -2.63. The second-order valence-electron chi connectivity index (χ2n) is 6.55. The summed E-state index contributed by atoms with van der Waals surface area (Å²) in [4.78, 5) is 38.2. The molecule has 2 aliphatic heterocycles. The fourth-order valence-corrected chi connectivity index (χ4v) is 4.93. The molecule has 0 spiro atoms. The van der Waals surface area contributed by atoms with Crippen molar-refractivity contribution in [1.82, 2.24) is 9.21 Å². The van der Waals surface area contributed by atoms with Gasteiger partial charge >= 0.3 is 6.09 Å². The third-order valence-corrected chi connectivity index (χ3v) is 6.76. The molecule has 1 aromatic carbocycles. The third kappa shape index (κ3) is 4.06. The molecule has 29 heavy (non-hydrogen) atoms. The smallest absolute Gasteiger partial charge is 0.409 e. The van der Waals surface area contributed by atoms with Gasteiger partial charge in [0.1, 0.15) is 10.6 Å². The van der Waals surface area contributed by atoms with Crippen molar-refractivity contribution in [3.05, 3.63) is 18.2 Å². The molecule has 2 heterocycles. The SMILES string of the molecule is CCOC(=O)N1CCN(S(=O)(=O)c2cc(N3C(=O)CCC3=O)ccc2OC)CC1. The van der Waals surface area contributed by atoms with Crippen molar-refractivity contribution in [2.24, 2.45) is 0 Å². The van der Waals surface area contributed by atoms with Crippen LogP contribution in [-0.4, -0.2) is 75.4 Å². The molecule has 3 rings (SSSR count). The minimum absolute atomic E-state index is 0.0934. The van der Waals surface area contributed by atoms with Gasteiger partial charge in [-0.05, 0) is 25.1 Å². The first kappa shape index (κ1) is 21.1. The number of hydrogen-bond acceptors (Lipinski definition) is 7. The van der Waals surface area contributed by atoms with E-state index in [1.807, 2.05) is 0 Å². The lowest BCUT2D eigenvalue weighted by Gasteiger charge is -2.33. The molecule has 158 valence electrons. The molecule has 2 fully saturated rings. The normalized spacial score (nSPS) is 18.3. The molecule has 0 radical (unpaired) electrons. The fraction of sp³-hybridized carbons (Fsp3) is 0.500. The van der Waals surface area contributed by atoms with E-state index in [0.717, 1.165) is 4.90 Å². The second-order valence-corrected chi connectivity index (χ2v) is 8.45.